The first-order valence-corrected chi connectivity index (χ1v) is 6.12. The van der Waals surface area contributed by atoms with Crippen molar-refractivity contribution in [3.63, 3.8) is 0 Å². The molecule has 1 aliphatic heterocycles. The van der Waals surface area contributed by atoms with Crippen LogP contribution in [0.4, 0.5) is 4.79 Å². The highest BCUT2D eigenvalue weighted by Gasteiger charge is 2.33. The van der Waals surface area contributed by atoms with E-state index in [1.54, 1.807) is 0 Å². The maximum Gasteiger partial charge on any atom is 0.331 e. The van der Waals surface area contributed by atoms with Crippen LogP contribution in [0.3, 0.4) is 0 Å². The first-order valence-electron chi connectivity index (χ1n) is 4.30. The molecule has 1 aromatic rings. The van der Waals surface area contributed by atoms with Crippen LogP contribution in [0.25, 0.3) is 0 Å². The standard InChI is InChI=1S/C7H7ClN4O3S/c8-6-10-3-5(4-11-6)16(14,15)12-2-1-9-7(12)13/h3-4H,1-2H2,(H,9,13). The summed E-state index contributed by atoms with van der Waals surface area (Å²) in [6.45, 7) is 0.399. The second kappa shape index (κ2) is 3.87. The number of rotatable bonds is 2. The molecule has 0 spiro atoms. The molecule has 1 N–H and O–H groups in total. The van der Waals surface area contributed by atoms with Gasteiger partial charge in [-0.2, -0.15) is 0 Å². The van der Waals surface area contributed by atoms with Crippen LogP contribution >= 0.6 is 11.6 Å². The summed E-state index contributed by atoms with van der Waals surface area (Å²) in [5.41, 5.74) is 0. The molecule has 0 aliphatic carbocycles. The zero-order valence-corrected chi connectivity index (χ0v) is 9.49. The van der Waals surface area contributed by atoms with Crippen molar-refractivity contribution in [1.29, 1.82) is 0 Å². The summed E-state index contributed by atoms with van der Waals surface area (Å²) < 4.78 is 24.5. The smallest absolute Gasteiger partial charge is 0.331 e. The Kier molecular flexibility index (Phi) is 2.68. The zero-order valence-electron chi connectivity index (χ0n) is 7.92. The number of sulfonamides is 1. The first-order chi connectivity index (χ1) is 7.51. The van der Waals surface area contributed by atoms with Crippen molar-refractivity contribution in [2.75, 3.05) is 13.1 Å². The maximum atomic E-state index is 11.9. The van der Waals surface area contributed by atoms with E-state index in [1.807, 2.05) is 0 Å². The molecule has 1 saturated heterocycles. The molecule has 0 aromatic carbocycles. The molecule has 16 heavy (non-hydrogen) atoms. The minimum absolute atomic E-state index is 0.0511. The van der Waals surface area contributed by atoms with Crippen molar-refractivity contribution >= 4 is 27.7 Å². The van der Waals surface area contributed by atoms with Crippen molar-refractivity contribution in [2.24, 2.45) is 0 Å². The molecule has 0 bridgehead atoms. The molecule has 0 unspecified atom stereocenters. The minimum Gasteiger partial charge on any atom is -0.335 e. The molecule has 2 heterocycles. The van der Waals surface area contributed by atoms with Crippen LogP contribution in [0.1, 0.15) is 0 Å². The number of hydrogen-bond acceptors (Lipinski definition) is 5. The number of amides is 2. The molecule has 0 saturated carbocycles. The Balaban J connectivity index is 2.39. The van der Waals surface area contributed by atoms with Gasteiger partial charge in [0.1, 0.15) is 4.90 Å². The second-order valence-electron chi connectivity index (χ2n) is 3.00. The summed E-state index contributed by atoms with van der Waals surface area (Å²) in [7, 11) is -3.87. The molecular weight excluding hydrogens is 256 g/mol. The zero-order chi connectivity index (χ0) is 11.8. The fraction of sp³-hybridized carbons (Fsp3) is 0.286. The quantitative estimate of drug-likeness (QED) is 0.748. The number of carbonyl (C=O) groups is 1. The Morgan fingerprint density at radius 3 is 2.50 bits per heavy atom. The van der Waals surface area contributed by atoms with E-state index in [4.69, 9.17) is 11.6 Å². The summed E-state index contributed by atoms with van der Waals surface area (Å²) in [6, 6.07) is -0.644. The second-order valence-corrected chi connectivity index (χ2v) is 5.20. The first kappa shape index (κ1) is 11.1. The van der Waals surface area contributed by atoms with Gasteiger partial charge in [-0.1, -0.05) is 0 Å². The summed E-state index contributed by atoms with van der Waals surface area (Å²) in [5.74, 6) is 0. The average molecular weight is 263 g/mol. The molecule has 86 valence electrons. The van der Waals surface area contributed by atoms with Gasteiger partial charge in [-0.3, -0.25) is 0 Å². The third-order valence-corrected chi connectivity index (χ3v) is 3.93. The van der Waals surface area contributed by atoms with Crippen molar-refractivity contribution in [3.8, 4) is 0 Å². The fourth-order valence-corrected chi connectivity index (χ4v) is 2.58. The maximum absolute atomic E-state index is 11.9. The average Bonchev–Trinajstić information content (AvgIpc) is 2.66. The minimum atomic E-state index is -3.87. The summed E-state index contributed by atoms with van der Waals surface area (Å²) in [4.78, 5) is 18.2. The molecule has 9 heteroatoms. The Labute approximate surface area is 96.5 Å². The highest BCUT2D eigenvalue weighted by atomic mass is 35.5. The van der Waals surface area contributed by atoms with Gasteiger partial charge in [-0.15, -0.1) is 0 Å². The van der Waals surface area contributed by atoms with E-state index in [9.17, 15) is 13.2 Å². The lowest BCUT2D eigenvalue weighted by atomic mass is 10.7. The number of nitrogens with zero attached hydrogens (tertiary/aromatic N) is 3. The highest BCUT2D eigenvalue weighted by Crippen LogP contribution is 2.16. The molecule has 1 fully saturated rings. The number of aromatic nitrogens is 2. The van der Waals surface area contributed by atoms with Crippen molar-refractivity contribution in [3.05, 3.63) is 17.7 Å². The Hall–Kier alpha value is -1.41. The third-order valence-electron chi connectivity index (χ3n) is 2.00. The fourth-order valence-electron chi connectivity index (χ4n) is 1.24. The summed E-state index contributed by atoms with van der Waals surface area (Å²) >= 11 is 5.44. The Morgan fingerprint density at radius 2 is 2.00 bits per heavy atom. The van der Waals surface area contributed by atoms with Gasteiger partial charge in [-0.05, 0) is 11.6 Å². The van der Waals surface area contributed by atoms with Crippen LogP contribution < -0.4 is 5.32 Å². The molecular formula is C7H7ClN4O3S. The van der Waals surface area contributed by atoms with Gasteiger partial charge >= 0.3 is 6.03 Å². The van der Waals surface area contributed by atoms with Gasteiger partial charge in [0.15, 0.2) is 0 Å². The molecule has 7 nitrogen and oxygen atoms in total. The van der Waals surface area contributed by atoms with Crippen LogP contribution in [-0.4, -0.2) is 41.8 Å². The monoisotopic (exact) mass is 262 g/mol. The van der Waals surface area contributed by atoms with Gasteiger partial charge < -0.3 is 5.32 Å². The predicted molar refractivity (Wildman–Crippen MR) is 54.3 cm³/mol. The van der Waals surface area contributed by atoms with Crippen LogP contribution in [0.2, 0.25) is 5.28 Å². The van der Waals surface area contributed by atoms with E-state index >= 15 is 0 Å². The molecule has 1 aliphatic rings. The normalized spacial score (nSPS) is 16.3. The van der Waals surface area contributed by atoms with E-state index in [2.05, 4.69) is 15.3 Å². The number of urea groups is 1. The van der Waals surface area contributed by atoms with Gasteiger partial charge in [0.25, 0.3) is 10.0 Å². The number of hydrogen-bond donors (Lipinski definition) is 1. The number of halogens is 1. The number of nitrogens with one attached hydrogen (secondary N) is 1. The van der Waals surface area contributed by atoms with Crippen LogP contribution in [0, 0.1) is 0 Å². The van der Waals surface area contributed by atoms with Gasteiger partial charge in [0.2, 0.25) is 5.28 Å². The van der Waals surface area contributed by atoms with Crippen molar-refractivity contribution in [1.82, 2.24) is 19.6 Å². The van der Waals surface area contributed by atoms with E-state index < -0.39 is 16.1 Å². The molecule has 1 aromatic heterocycles. The van der Waals surface area contributed by atoms with Gasteiger partial charge in [0.05, 0.1) is 18.9 Å². The third kappa shape index (κ3) is 1.81. The lowest BCUT2D eigenvalue weighted by Crippen LogP contribution is -2.34. The van der Waals surface area contributed by atoms with Gasteiger partial charge in [0, 0.05) is 6.54 Å². The van der Waals surface area contributed by atoms with Crippen LogP contribution in [0.5, 0.6) is 0 Å². The van der Waals surface area contributed by atoms with Gasteiger partial charge in [-0.25, -0.2) is 27.5 Å². The van der Waals surface area contributed by atoms with Crippen LogP contribution in [-0.2, 0) is 10.0 Å². The largest absolute Gasteiger partial charge is 0.335 e. The van der Waals surface area contributed by atoms with Crippen LogP contribution in [0.15, 0.2) is 17.3 Å². The molecule has 0 atom stereocenters. The lowest BCUT2D eigenvalue weighted by molar-refractivity contribution is 0.236. The highest BCUT2D eigenvalue weighted by molar-refractivity contribution is 7.89. The lowest BCUT2D eigenvalue weighted by Gasteiger charge is -2.13. The SMILES string of the molecule is O=C1NCCN1S(=O)(=O)c1cnc(Cl)nc1. The predicted octanol–water partition coefficient (Wildman–Crippen LogP) is -0.156. The molecule has 2 amide bonds. The summed E-state index contributed by atoms with van der Waals surface area (Å²) in [5, 5.41) is 2.35. The molecule has 2 rings (SSSR count). The topological polar surface area (TPSA) is 92.3 Å². The molecule has 0 radical (unpaired) electrons. The Morgan fingerprint density at radius 1 is 1.38 bits per heavy atom. The summed E-state index contributed by atoms with van der Waals surface area (Å²) in [6.07, 6.45) is 2.13. The van der Waals surface area contributed by atoms with Crippen molar-refractivity contribution in [2.45, 2.75) is 4.90 Å². The number of carbonyl (C=O) groups excluding carboxylic acids is 1. The van der Waals surface area contributed by atoms with E-state index in [1.165, 1.54) is 0 Å². The van der Waals surface area contributed by atoms with E-state index in [-0.39, 0.29) is 16.7 Å². The van der Waals surface area contributed by atoms with Crippen molar-refractivity contribution < 1.29 is 13.2 Å². The Bertz CT molecular complexity index is 515. The van der Waals surface area contributed by atoms with E-state index in [0.29, 0.717) is 6.54 Å². The van der Waals surface area contributed by atoms with E-state index in [0.717, 1.165) is 16.7 Å².